The van der Waals surface area contributed by atoms with Crippen LogP contribution in [0.15, 0.2) is 34.2 Å². The van der Waals surface area contributed by atoms with E-state index in [-0.39, 0.29) is 17.2 Å². The molecule has 0 N–H and O–H groups in total. The molecular weight excluding hydrogens is 430 g/mol. The minimum absolute atomic E-state index is 0.0221. The van der Waals surface area contributed by atoms with Crippen LogP contribution >= 0.6 is 34.7 Å². The number of hydrogen-bond acceptors (Lipinski definition) is 6. The lowest BCUT2D eigenvalue weighted by molar-refractivity contribution is -0.132. The number of hydrogen-bond donors (Lipinski definition) is 0. The molecule has 9 heteroatoms. The fourth-order valence-corrected chi connectivity index (χ4v) is 5.33. The van der Waals surface area contributed by atoms with Gasteiger partial charge in [0.1, 0.15) is 4.83 Å². The molecule has 0 bridgehead atoms. The Kier molecular flexibility index (Phi) is 5.96. The van der Waals surface area contributed by atoms with Gasteiger partial charge in [-0.25, -0.2) is 4.98 Å². The number of carbonyl (C=O) groups excluding carboxylic acids is 1. The first-order valence-electron chi connectivity index (χ1n) is 9.22. The van der Waals surface area contributed by atoms with Crippen LogP contribution in [0.25, 0.3) is 15.9 Å². The normalized spacial score (nSPS) is 14.5. The van der Waals surface area contributed by atoms with Gasteiger partial charge in [-0.05, 0) is 43.7 Å². The lowest BCUT2D eigenvalue weighted by atomic mass is 10.2. The molecule has 29 heavy (non-hydrogen) atoms. The van der Waals surface area contributed by atoms with Crippen LogP contribution in [0.5, 0.6) is 0 Å². The van der Waals surface area contributed by atoms with Crippen molar-refractivity contribution in [2.24, 2.45) is 0 Å². The van der Waals surface area contributed by atoms with E-state index in [1.54, 1.807) is 33.7 Å². The molecule has 1 aliphatic heterocycles. The van der Waals surface area contributed by atoms with Crippen LogP contribution in [0.4, 0.5) is 0 Å². The largest absolute Gasteiger partial charge is 0.378 e. The second-order valence-corrected chi connectivity index (χ2v) is 9.34. The van der Waals surface area contributed by atoms with Crippen molar-refractivity contribution in [1.82, 2.24) is 14.5 Å². The Balaban J connectivity index is 1.75. The summed E-state index contributed by atoms with van der Waals surface area (Å²) in [5, 5.41) is 1.73. The highest BCUT2D eigenvalue weighted by atomic mass is 35.5. The molecule has 0 radical (unpaired) electrons. The number of aromatic nitrogens is 2. The third kappa shape index (κ3) is 4.07. The van der Waals surface area contributed by atoms with E-state index in [0.29, 0.717) is 52.4 Å². The van der Waals surface area contributed by atoms with Gasteiger partial charge in [-0.2, -0.15) is 0 Å². The molecule has 3 aromatic rings. The first kappa shape index (κ1) is 20.4. The number of thiophene rings is 1. The first-order valence-corrected chi connectivity index (χ1v) is 11.4. The average molecular weight is 450 g/mol. The minimum Gasteiger partial charge on any atom is -0.378 e. The van der Waals surface area contributed by atoms with Gasteiger partial charge in [0, 0.05) is 23.0 Å². The van der Waals surface area contributed by atoms with E-state index in [0.717, 1.165) is 10.4 Å². The number of halogens is 1. The van der Waals surface area contributed by atoms with Gasteiger partial charge in [0.15, 0.2) is 5.16 Å². The molecule has 0 atom stereocenters. The third-order valence-corrected chi connectivity index (χ3v) is 7.22. The van der Waals surface area contributed by atoms with Crippen LogP contribution in [0, 0.1) is 13.8 Å². The topological polar surface area (TPSA) is 64.4 Å². The lowest BCUT2D eigenvalue weighted by Crippen LogP contribution is -2.41. The molecule has 3 heterocycles. The zero-order valence-electron chi connectivity index (χ0n) is 16.1. The molecule has 1 amide bonds. The van der Waals surface area contributed by atoms with Crippen molar-refractivity contribution in [1.29, 1.82) is 0 Å². The lowest BCUT2D eigenvalue weighted by Gasteiger charge is -2.26. The molecule has 0 unspecified atom stereocenters. The molecule has 2 aromatic heterocycles. The predicted molar refractivity (Wildman–Crippen MR) is 118 cm³/mol. The average Bonchev–Trinajstić information content (AvgIpc) is 3.01. The van der Waals surface area contributed by atoms with Gasteiger partial charge in [-0.3, -0.25) is 14.2 Å². The summed E-state index contributed by atoms with van der Waals surface area (Å²) in [5.74, 6) is 0.239. The van der Waals surface area contributed by atoms with Crippen LogP contribution in [0.1, 0.15) is 10.4 Å². The zero-order chi connectivity index (χ0) is 20.5. The number of thioether (sulfide) groups is 1. The second kappa shape index (κ2) is 8.47. The first-order chi connectivity index (χ1) is 14.0. The Labute approximate surface area is 181 Å². The maximum atomic E-state index is 13.4. The van der Waals surface area contributed by atoms with Crippen LogP contribution in [-0.4, -0.2) is 52.4 Å². The molecule has 0 saturated carbocycles. The van der Waals surface area contributed by atoms with Crippen LogP contribution < -0.4 is 5.56 Å². The molecule has 1 aromatic carbocycles. The quantitative estimate of drug-likeness (QED) is 0.449. The van der Waals surface area contributed by atoms with Crippen molar-refractivity contribution in [2.45, 2.75) is 19.0 Å². The Morgan fingerprint density at radius 2 is 1.93 bits per heavy atom. The number of morpholine rings is 1. The van der Waals surface area contributed by atoms with Gasteiger partial charge < -0.3 is 9.64 Å². The van der Waals surface area contributed by atoms with Crippen LogP contribution in [-0.2, 0) is 9.53 Å². The van der Waals surface area contributed by atoms with Gasteiger partial charge in [-0.15, -0.1) is 11.3 Å². The van der Waals surface area contributed by atoms with Crippen molar-refractivity contribution < 1.29 is 9.53 Å². The summed E-state index contributed by atoms with van der Waals surface area (Å²) < 4.78 is 6.89. The number of ether oxygens (including phenoxy) is 1. The minimum atomic E-state index is -0.125. The molecule has 0 aliphatic carbocycles. The van der Waals surface area contributed by atoms with E-state index in [4.69, 9.17) is 21.3 Å². The van der Waals surface area contributed by atoms with E-state index in [9.17, 15) is 9.59 Å². The maximum absolute atomic E-state index is 13.4. The van der Waals surface area contributed by atoms with E-state index in [2.05, 4.69) is 0 Å². The Bertz CT molecular complexity index is 1120. The van der Waals surface area contributed by atoms with Gasteiger partial charge in [-0.1, -0.05) is 23.4 Å². The molecular formula is C20H20ClN3O3S2. The van der Waals surface area contributed by atoms with Gasteiger partial charge in [0.2, 0.25) is 5.91 Å². The third-order valence-electron chi connectivity index (χ3n) is 4.95. The maximum Gasteiger partial charge on any atom is 0.267 e. The number of carbonyl (C=O) groups is 1. The van der Waals surface area contributed by atoms with Crippen molar-refractivity contribution in [3.05, 3.63) is 50.1 Å². The van der Waals surface area contributed by atoms with Crippen LogP contribution in [0.3, 0.4) is 0 Å². The number of amides is 1. The fraction of sp³-hybridized carbons (Fsp3) is 0.350. The summed E-state index contributed by atoms with van der Waals surface area (Å²) in [4.78, 5) is 34.3. The van der Waals surface area contributed by atoms with Crippen LogP contribution in [0.2, 0.25) is 5.02 Å². The number of rotatable bonds is 4. The monoisotopic (exact) mass is 449 g/mol. The van der Waals surface area contributed by atoms with Gasteiger partial charge in [0.05, 0.1) is 30.0 Å². The summed E-state index contributed by atoms with van der Waals surface area (Å²) in [6, 6.07) is 7.07. The van der Waals surface area contributed by atoms with Crippen molar-refractivity contribution in [3.8, 4) is 5.69 Å². The van der Waals surface area contributed by atoms with E-state index >= 15 is 0 Å². The summed E-state index contributed by atoms with van der Waals surface area (Å²) in [7, 11) is 0. The van der Waals surface area contributed by atoms with E-state index in [1.807, 2.05) is 13.8 Å². The Morgan fingerprint density at radius 1 is 1.24 bits per heavy atom. The summed E-state index contributed by atoms with van der Waals surface area (Å²) in [5.41, 5.74) is 1.50. The molecule has 1 fully saturated rings. The predicted octanol–water partition coefficient (Wildman–Crippen LogP) is 3.67. The molecule has 1 saturated heterocycles. The molecule has 4 rings (SSSR count). The zero-order valence-corrected chi connectivity index (χ0v) is 18.5. The van der Waals surface area contributed by atoms with Gasteiger partial charge >= 0.3 is 0 Å². The van der Waals surface area contributed by atoms with E-state index in [1.165, 1.54) is 23.1 Å². The molecule has 0 spiro atoms. The molecule has 152 valence electrons. The van der Waals surface area contributed by atoms with Gasteiger partial charge in [0.25, 0.3) is 5.56 Å². The number of aryl methyl sites for hydroxylation is 2. The summed E-state index contributed by atoms with van der Waals surface area (Å²) in [6.07, 6.45) is 0. The summed E-state index contributed by atoms with van der Waals surface area (Å²) >= 11 is 8.81. The van der Waals surface area contributed by atoms with Crippen molar-refractivity contribution in [2.75, 3.05) is 32.1 Å². The highest BCUT2D eigenvalue weighted by Gasteiger charge is 2.21. The highest BCUT2D eigenvalue weighted by molar-refractivity contribution is 7.99. The highest BCUT2D eigenvalue weighted by Crippen LogP contribution is 2.30. The Morgan fingerprint density at radius 3 is 2.62 bits per heavy atom. The van der Waals surface area contributed by atoms with Crippen molar-refractivity contribution in [3.63, 3.8) is 0 Å². The summed E-state index contributed by atoms with van der Waals surface area (Å²) in [6.45, 7) is 6.24. The van der Waals surface area contributed by atoms with E-state index < -0.39 is 0 Å². The Hall–Kier alpha value is -1.87. The molecule has 6 nitrogen and oxygen atoms in total. The number of nitrogens with zero attached hydrogens (tertiary/aromatic N) is 3. The smallest absolute Gasteiger partial charge is 0.267 e. The standard InChI is InChI=1S/C20H20ClN3O3S2/c1-12-13(2)29-18-17(12)19(26)24(15-5-3-14(21)4-6-15)20(22-18)28-11-16(25)23-7-9-27-10-8-23/h3-6H,7-11H2,1-2H3. The molecule has 1 aliphatic rings. The number of benzene rings is 1. The SMILES string of the molecule is Cc1sc2nc(SCC(=O)N3CCOCC3)n(-c3ccc(Cl)cc3)c(=O)c2c1C. The van der Waals surface area contributed by atoms with Crippen molar-refractivity contribution >= 4 is 50.8 Å². The number of fused-ring (bicyclic) bond motifs is 1. The fourth-order valence-electron chi connectivity index (χ4n) is 3.22. The second-order valence-electron chi connectivity index (χ2n) is 6.76.